The molecule has 108 valence electrons. The van der Waals surface area contributed by atoms with Gasteiger partial charge in [-0.1, -0.05) is 11.8 Å². The SMILES string of the molecule is CC1OCCC1NS(=O)(=O)c1ccc(C#CCO)cc1. The van der Waals surface area contributed by atoms with E-state index in [0.717, 1.165) is 0 Å². The van der Waals surface area contributed by atoms with Gasteiger partial charge in [0.25, 0.3) is 0 Å². The monoisotopic (exact) mass is 295 g/mol. The summed E-state index contributed by atoms with van der Waals surface area (Å²) in [5, 5.41) is 8.60. The number of ether oxygens (including phenoxy) is 1. The average Bonchev–Trinajstić information content (AvgIpc) is 2.82. The Hall–Kier alpha value is -1.39. The summed E-state index contributed by atoms with van der Waals surface area (Å²) in [5.74, 6) is 5.23. The van der Waals surface area contributed by atoms with Gasteiger partial charge in [-0.3, -0.25) is 0 Å². The fraction of sp³-hybridized carbons (Fsp3) is 0.429. The number of hydrogen-bond acceptors (Lipinski definition) is 4. The van der Waals surface area contributed by atoms with Gasteiger partial charge in [-0.2, -0.15) is 0 Å². The molecule has 0 saturated carbocycles. The molecular formula is C14H17NO4S. The van der Waals surface area contributed by atoms with Gasteiger partial charge in [0.05, 0.1) is 17.0 Å². The third-order valence-corrected chi connectivity index (χ3v) is 4.66. The van der Waals surface area contributed by atoms with E-state index in [4.69, 9.17) is 9.84 Å². The second-order valence-electron chi connectivity index (χ2n) is 4.58. The van der Waals surface area contributed by atoms with Gasteiger partial charge >= 0.3 is 0 Å². The molecule has 1 aromatic rings. The number of benzene rings is 1. The van der Waals surface area contributed by atoms with Crippen LogP contribution in [0.4, 0.5) is 0 Å². The number of hydrogen-bond donors (Lipinski definition) is 2. The zero-order valence-electron chi connectivity index (χ0n) is 11.2. The van der Waals surface area contributed by atoms with Crippen LogP contribution in [0.1, 0.15) is 18.9 Å². The van der Waals surface area contributed by atoms with E-state index in [1.165, 1.54) is 12.1 Å². The highest BCUT2D eigenvalue weighted by Gasteiger charge is 2.29. The van der Waals surface area contributed by atoms with Crippen molar-refractivity contribution >= 4 is 10.0 Å². The van der Waals surface area contributed by atoms with Gasteiger partial charge in [0.15, 0.2) is 0 Å². The number of sulfonamides is 1. The van der Waals surface area contributed by atoms with Crippen molar-refractivity contribution in [3.8, 4) is 11.8 Å². The van der Waals surface area contributed by atoms with E-state index in [-0.39, 0.29) is 23.6 Å². The molecule has 5 nitrogen and oxygen atoms in total. The number of rotatable bonds is 3. The van der Waals surface area contributed by atoms with Crippen molar-refractivity contribution in [1.82, 2.24) is 4.72 Å². The fourth-order valence-corrected chi connectivity index (χ4v) is 3.35. The van der Waals surface area contributed by atoms with Gasteiger partial charge in [0.2, 0.25) is 10.0 Å². The van der Waals surface area contributed by atoms with E-state index >= 15 is 0 Å². The molecule has 1 saturated heterocycles. The van der Waals surface area contributed by atoms with E-state index in [1.54, 1.807) is 12.1 Å². The Kier molecular flexibility index (Phi) is 4.78. The van der Waals surface area contributed by atoms with Crippen LogP contribution in [0.3, 0.4) is 0 Å². The minimum atomic E-state index is -3.54. The molecule has 1 aliphatic rings. The molecule has 1 fully saturated rings. The summed E-state index contributed by atoms with van der Waals surface area (Å²) in [6.07, 6.45) is 0.569. The standard InChI is InChI=1S/C14H17NO4S/c1-11-14(8-10-19-11)15-20(17,18)13-6-4-12(5-7-13)3-2-9-16/h4-7,11,14-16H,8-10H2,1H3. The minimum absolute atomic E-state index is 0.112. The third-order valence-electron chi connectivity index (χ3n) is 3.16. The first-order valence-corrected chi connectivity index (χ1v) is 7.85. The van der Waals surface area contributed by atoms with Crippen molar-refractivity contribution in [3.05, 3.63) is 29.8 Å². The van der Waals surface area contributed by atoms with E-state index in [2.05, 4.69) is 16.6 Å². The normalized spacial score (nSPS) is 22.3. The van der Waals surface area contributed by atoms with Gasteiger partial charge in [0, 0.05) is 12.2 Å². The molecule has 0 radical (unpaired) electrons. The Labute approximate surface area is 119 Å². The predicted molar refractivity (Wildman–Crippen MR) is 74.5 cm³/mol. The maximum Gasteiger partial charge on any atom is 0.240 e. The zero-order valence-corrected chi connectivity index (χ0v) is 12.0. The Morgan fingerprint density at radius 3 is 2.65 bits per heavy atom. The van der Waals surface area contributed by atoms with Crippen LogP contribution in [0.2, 0.25) is 0 Å². The summed E-state index contributed by atoms with van der Waals surface area (Å²) in [7, 11) is -3.54. The Balaban J connectivity index is 2.13. The highest BCUT2D eigenvalue weighted by Crippen LogP contribution is 2.17. The largest absolute Gasteiger partial charge is 0.384 e. The van der Waals surface area contributed by atoms with E-state index in [0.29, 0.717) is 18.6 Å². The molecule has 20 heavy (non-hydrogen) atoms. The smallest absolute Gasteiger partial charge is 0.240 e. The Bertz CT molecular complexity index is 613. The van der Waals surface area contributed by atoms with Crippen molar-refractivity contribution < 1.29 is 18.3 Å². The maximum absolute atomic E-state index is 12.2. The van der Waals surface area contributed by atoms with Crippen LogP contribution in [-0.4, -0.2) is 38.9 Å². The van der Waals surface area contributed by atoms with Crippen molar-refractivity contribution in [2.45, 2.75) is 30.4 Å². The molecule has 2 atom stereocenters. The highest BCUT2D eigenvalue weighted by molar-refractivity contribution is 7.89. The lowest BCUT2D eigenvalue weighted by atomic mass is 10.2. The summed E-state index contributed by atoms with van der Waals surface area (Å²) in [6.45, 7) is 2.21. The molecule has 0 aromatic heterocycles. The Morgan fingerprint density at radius 1 is 1.40 bits per heavy atom. The molecule has 1 heterocycles. The lowest BCUT2D eigenvalue weighted by molar-refractivity contribution is 0.117. The number of nitrogens with one attached hydrogen (secondary N) is 1. The predicted octanol–water partition coefficient (Wildman–Crippen LogP) is 0.486. The summed E-state index contributed by atoms with van der Waals surface area (Å²) < 4.78 is 32.4. The molecule has 2 N–H and O–H groups in total. The minimum Gasteiger partial charge on any atom is -0.384 e. The molecule has 0 amide bonds. The molecular weight excluding hydrogens is 278 g/mol. The quantitative estimate of drug-likeness (QED) is 0.796. The molecule has 0 aliphatic carbocycles. The first-order chi connectivity index (χ1) is 9.53. The van der Waals surface area contributed by atoms with E-state index in [9.17, 15) is 8.42 Å². The molecule has 1 aliphatic heterocycles. The second-order valence-corrected chi connectivity index (χ2v) is 6.29. The molecule has 2 unspecified atom stereocenters. The molecule has 0 spiro atoms. The maximum atomic E-state index is 12.2. The highest BCUT2D eigenvalue weighted by atomic mass is 32.2. The molecule has 2 rings (SSSR count). The van der Waals surface area contributed by atoms with Crippen LogP contribution in [0.15, 0.2) is 29.2 Å². The topological polar surface area (TPSA) is 75.6 Å². The molecule has 0 bridgehead atoms. The summed E-state index contributed by atoms with van der Waals surface area (Å²) >= 11 is 0. The third kappa shape index (κ3) is 3.58. The van der Waals surface area contributed by atoms with Crippen molar-refractivity contribution in [1.29, 1.82) is 0 Å². The summed E-state index contributed by atoms with van der Waals surface area (Å²) in [5.41, 5.74) is 0.663. The van der Waals surface area contributed by atoms with Crippen LogP contribution in [0.5, 0.6) is 0 Å². The van der Waals surface area contributed by atoms with Crippen LogP contribution < -0.4 is 4.72 Å². The van der Waals surface area contributed by atoms with Crippen molar-refractivity contribution in [2.75, 3.05) is 13.2 Å². The van der Waals surface area contributed by atoms with Crippen molar-refractivity contribution in [2.24, 2.45) is 0 Å². The lowest BCUT2D eigenvalue weighted by Gasteiger charge is -2.16. The average molecular weight is 295 g/mol. The fourth-order valence-electron chi connectivity index (χ4n) is 2.01. The van der Waals surface area contributed by atoms with Gasteiger partial charge in [0.1, 0.15) is 6.61 Å². The molecule has 1 aromatic carbocycles. The van der Waals surface area contributed by atoms with E-state index < -0.39 is 10.0 Å². The summed E-state index contributed by atoms with van der Waals surface area (Å²) in [4.78, 5) is 0.200. The number of aliphatic hydroxyl groups is 1. The van der Waals surface area contributed by atoms with E-state index in [1.807, 2.05) is 6.92 Å². The van der Waals surface area contributed by atoms with Crippen LogP contribution in [0, 0.1) is 11.8 Å². The van der Waals surface area contributed by atoms with Crippen molar-refractivity contribution in [3.63, 3.8) is 0 Å². The van der Waals surface area contributed by atoms with Gasteiger partial charge in [-0.25, -0.2) is 13.1 Å². The van der Waals surface area contributed by atoms with Crippen LogP contribution in [0.25, 0.3) is 0 Å². The van der Waals surface area contributed by atoms with Gasteiger partial charge in [-0.15, -0.1) is 0 Å². The van der Waals surface area contributed by atoms with Crippen LogP contribution >= 0.6 is 0 Å². The second kappa shape index (κ2) is 6.37. The molecule has 6 heteroatoms. The van der Waals surface area contributed by atoms with Crippen LogP contribution in [-0.2, 0) is 14.8 Å². The van der Waals surface area contributed by atoms with Gasteiger partial charge in [-0.05, 0) is 37.6 Å². The zero-order chi connectivity index (χ0) is 14.6. The first kappa shape index (κ1) is 15.0. The number of aliphatic hydroxyl groups excluding tert-OH is 1. The summed E-state index contributed by atoms with van der Waals surface area (Å²) in [6, 6.07) is 6.06. The Morgan fingerprint density at radius 2 is 2.10 bits per heavy atom. The van der Waals surface area contributed by atoms with Gasteiger partial charge < -0.3 is 9.84 Å². The lowest BCUT2D eigenvalue weighted by Crippen LogP contribution is -2.39. The first-order valence-electron chi connectivity index (χ1n) is 6.36.